The lowest BCUT2D eigenvalue weighted by molar-refractivity contribution is 0.279. The number of hydrogen-bond donors (Lipinski definition) is 1. The van der Waals surface area contributed by atoms with Crippen LogP contribution in [0.15, 0.2) is 58.3 Å². The summed E-state index contributed by atoms with van der Waals surface area (Å²) in [6, 6.07) is 14.9. The van der Waals surface area contributed by atoms with E-state index in [1.807, 2.05) is 43.3 Å². The zero-order chi connectivity index (χ0) is 12.3. The summed E-state index contributed by atoms with van der Waals surface area (Å²) in [4.78, 5) is 1.44. The van der Waals surface area contributed by atoms with Gasteiger partial charge in [-0.2, -0.15) is 0 Å². The molecule has 0 aliphatic rings. The highest BCUT2D eigenvalue weighted by molar-refractivity contribution is 7.85. The van der Waals surface area contributed by atoms with E-state index in [-0.39, 0.29) is 6.61 Å². The molecule has 0 heterocycles. The van der Waals surface area contributed by atoms with Gasteiger partial charge < -0.3 is 5.11 Å². The molecule has 2 aromatic carbocycles. The molecule has 88 valence electrons. The van der Waals surface area contributed by atoms with E-state index in [1.165, 1.54) is 0 Å². The summed E-state index contributed by atoms with van der Waals surface area (Å²) >= 11 is 0. The lowest BCUT2D eigenvalue weighted by atomic mass is 10.2. The number of aryl methyl sites for hydroxylation is 1. The average molecular weight is 246 g/mol. The number of rotatable bonds is 3. The fourth-order valence-corrected chi connectivity index (χ4v) is 2.81. The van der Waals surface area contributed by atoms with Gasteiger partial charge in [0, 0.05) is 9.79 Å². The lowest BCUT2D eigenvalue weighted by Crippen LogP contribution is -1.98. The van der Waals surface area contributed by atoms with Crippen LogP contribution in [0.5, 0.6) is 0 Å². The molecule has 0 saturated heterocycles. The van der Waals surface area contributed by atoms with Gasteiger partial charge in [-0.1, -0.05) is 35.9 Å². The topological polar surface area (TPSA) is 37.3 Å². The minimum Gasteiger partial charge on any atom is -0.392 e. The first-order chi connectivity index (χ1) is 8.22. The second-order valence-corrected chi connectivity index (χ2v) is 5.30. The van der Waals surface area contributed by atoms with Crippen LogP contribution in [-0.4, -0.2) is 9.32 Å². The maximum absolute atomic E-state index is 12.3. The van der Waals surface area contributed by atoms with Crippen LogP contribution in [0.2, 0.25) is 0 Å². The summed E-state index contributed by atoms with van der Waals surface area (Å²) < 4.78 is 12.3. The molecule has 3 heteroatoms. The van der Waals surface area contributed by atoms with Gasteiger partial charge in [0.1, 0.15) is 0 Å². The molecule has 0 radical (unpaired) electrons. The second kappa shape index (κ2) is 5.25. The molecule has 2 aromatic rings. The standard InChI is InChI=1S/C14H14O2S/c1-11-6-8-13(9-7-11)17(16)14-5-3-2-4-12(14)10-15/h2-9,15H,10H2,1H3. The number of benzene rings is 2. The summed E-state index contributed by atoms with van der Waals surface area (Å²) in [7, 11) is -1.23. The van der Waals surface area contributed by atoms with Crippen LogP contribution in [0, 0.1) is 6.92 Å². The van der Waals surface area contributed by atoms with Gasteiger partial charge in [-0.15, -0.1) is 0 Å². The molecular formula is C14H14O2S. The van der Waals surface area contributed by atoms with E-state index in [2.05, 4.69) is 0 Å². The van der Waals surface area contributed by atoms with Crippen molar-refractivity contribution in [3.63, 3.8) is 0 Å². The average Bonchev–Trinajstić information content (AvgIpc) is 2.39. The van der Waals surface area contributed by atoms with E-state index >= 15 is 0 Å². The summed E-state index contributed by atoms with van der Waals surface area (Å²) in [5, 5.41) is 9.22. The first-order valence-electron chi connectivity index (χ1n) is 5.39. The van der Waals surface area contributed by atoms with Crippen LogP contribution in [-0.2, 0) is 17.4 Å². The molecule has 1 atom stereocenters. The Hall–Kier alpha value is -1.45. The Kier molecular flexibility index (Phi) is 3.71. The van der Waals surface area contributed by atoms with Crippen molar-refractivity contribution in [2.24, 2.45) is 0 Å². The number of hydrogen-bond acceptors (Lipinski definition) is 2. The van der Waals surface area contributed by atoms with Crippen LogP contribution in [0.25, 0.3) is 0 Å². The van der Waals surface area contributed by atoms with Crippen LogP contribution in [0.3, 0.4) is 0 Å². The first-order valence-corrected chi connectivity index (χ1v) is 6.54. The minimum absolute atomic E-state index is 0.0895. The quantitative estimate of drug-likeness (QED) is 0.904. The van der Waals surface area contributed by atoms with Crippen molar-refractivity contribution >= 4 is 10.8 Å². The molecule has 2 rings (SSSR count). The van der Waals surface area contributed by atoms with Crippen LogP contribution in [0.1, 0.15) is 11.1 Å². The van der Waals surface area contributed by atoms with Gasteiger partial charge in [-0.25, -0.2) is 4.21 Å². The van der Waals surface area contributed by atoms with Gasteiger partial charge in [0.2, 0.25) is 0 Å². The highest BCUT2D eigenvalue weighted by atomic mass is 32.2. The number of aliphatic hydroxyl groups is 1. The summed E-state index contributed by atoms with van der Waals surface area (Å²) in [6.45, 7) is 1.90. The van der Waals surface area contributed by atoms with Gasteiger partial charge in [0.25, 0.3) is 0 Å². The van der Waals surface area contributed by atoms with Crippen molar-refractivity contribution in [3.8, 4) is 0 Å². The van der Waals surface area contributed by atoms with E-state index in [0.29, 0.717) is 10.5 Å². The molecule has 1 N–H and O–H groups in total. The fourth-order valence-electron chi connectivity index (χ4n) is 1.60. The summed E-state index contributed by atoms with van der Waals surface area (Å²) in [5.41, 5.74) is 1.85. The fraction of sp³-hybridized carbons (Fsp3) is 0.143. The molecule has 0 aliphatic carbocycles. The third-order valence-corrected chi connectivity index (χ3v) is 4.08. The van der Waals surface area contributed by atoms with E-state index in [1.54, 1.807) is 12.1 Å². The zero-order valence-corrected chi connectivity index (χ0v) is 10.4. The minimum atomic E-state index is -1.23. The Bertz CT molecular complexity index is 532. The molecule has 0 bridgehead atoms. The first kappa shape index (κ1) is 12.0. The van der Waals surface area contributed by atoms with Crippen LogP contribution < -0.4 is 0 Å². The van der Waals surface area contributed by atoms with Crippen LogP contribution in [0.4, 0.5) is 0 Å². The molecule has 0 aromatic heterocycles. The third kappa shape index (κ3) is 2.62. The SMILES string of the molecule is Cc1ccc(S(=O)c2ccccc2CO)cc1. The predicted molar refractivity (Wildman–Crippen MR) is 68.2 cm³/mol. The van der Waals surface area contributed by atoms with E-state index in [0.717, 1.165) is 10.5 Å². The Labute approximate surface area is 103 Å². The van der Waals surface area contributed by atoms with Gasteiger partial charge in [-0.05, 0) is 30.7 Å². The van der Waals surface area contributed by atoms with Gasteiger partial charge in [0.15, 0.2) is 0 Å². The van der Waals surface area contributed by atoms with Crippen molar-refractivity contribution in [1.29, 1.82) is 0 Å². The molecule has 17 heavy (non-hydrogen) atoms. The van der Waals surface area contributed by atoms with Crippen molar-refractivity contribution in [1.82, 2.24) is 0 Å². The predicted octanol–water partition coefficient (Wildman–Crippen LogP) is 2.65. The molecule has 0 fully saturated rings. The van der Waals surface area contributed by atoms with E-state index in [9.17, 15) is 9.32 Å². The summed E-state index contributed by atoms with van der Waals surface area (Å²) in [6.07, 6.45) is 0. The van der Waals surface area contributed by atoms with Crippen molar-refractivity contribution in [3.05, 3.63) is 59.7 Å². The molecule has 0 amide bonds. The molecule has 0 saturated carbocycles. The Morgan fingerprint density at radius 1 is 1.06 bits per heavy atom. The highest BCUT2D eigenvalue weighted by Crippen LogP contribution is 2.20. The number of aliphatic hydroxyl groups excluding tert-OH is 1. The second-order valence-electron chi connectivity index (χ2n) is 3.85. The van der Waals surface area contributed by atoms with Crippen molar-refractivity contribution in [2.45, 2.75) is 23.3 Å². The highest BCUT2D eigenvalue weighted by Gasteiger charge is 2.10. The lowest BCUT2D eigenvalue weighted by Gasteiger charge is -2.07. The molecule has 0 spiro atoms. The van der Waals surface area contributed by atoms with E-state index < -0.39 is 10.8 Å². The smallest absolute Gasteiger partial charge is 0.0853 e. The third-order valence-electron chi connectivity index (χ3n) is 2.58. The van der Waals surface area contributed by atoms with Gasteiger partial charge in [-0.3, -0.25) is 0 Å². The largest absolute Gasteiger partial charge is 0.392 e. The van der Waals surface area contributed by atoms with Crippen molar-refractivity contribution in [2.75, 3.05) is 0 Å². The molecule has 0 aliphatic heterocycles. The molecular weight excluding hydrogens is 232 g/mol. The Morgan fingerprint density at radius 3 is 2.35 bits per heavy atom. The van der Waals surface area contributed by atoms with Crippen LogP contribution >= 0.6 is 0 Å². The Balaban J connectivity index is 2.40. The normalized spacial score (nSPS) is 12.4. The zero-order valence-electron chi connectivity index (χ0n) is 9.59. The van der Waals surface area contributed by atoms with Gasteiger partial charge >= 0.3 is 0 Å². The van der Waals surface area contributed by atoms with E-state index in [4.69, 9.17) is 0 Å². The maximum Gasteiger partial charge on any atom is 0.0853 e. The maximum atomic E-state index is 12.3. The van der Waals surface area contributed by atoms with Gasteiger partial charge in [0.05, 0.1) is 17.4 Å². The Morgan fingerprint density at radius 2 is 1.71 bits per heavy atom. The summed E-state index contributed by atoms with van der Waals surface area (Å²) in [5.74, 6) is 0. The molecule has 1 unspecified atom stereocenters. The monoisotopic (exact) mass is 246 g/mol. The van der Waals surface area contributed by atoms with Crippen molar-refractivity contribution < 1.29 is 9.32 Å². The molecule has 2 nitrogen and oxygen atoms in total.